The molecule has 0 unspecified atom stereocenters. The fourth-order valence-corrected chi connectivity index (χ4v) is 2.29. The summed E-state index contributed by atoms with van der Waals surface area (Å²) >= 11 is 0. The highest BCUT2D eigenvalue weighted by Gasteiger charge is 2.26. The maximum atomic E-state index is 11.8. The van der Waals surface area contributed by atoms with Crippen LogP contribution in [0.25, 0.3) is 11.3 Å². The molecule has 1 aliphatic rings. The summed E-state index contributed by atoms with van der Waals surface area (Å²) in [7, 11) is 1.66. The van der Waals surface area contributed by atoms with Crippen molar-refractivity contribution in [2.24, 2.45) is 7.05 Å². The number of nitrogens with zero attached hydrogens (tertiary/aromatic N) is 3. The van der Waals surface area contributed by atoms with E-state index in [1.165, 1.54) is 15.8 Å². The SMILES string of the molecule is Cn1nc(C(=O)O)cc1-c1ccccc1N1OCCC1=O. The molecule has 1 saturated heterocycles. The van der Waals surface area contributed by atoms with Gasteiger partial charge in [-0.2, -0.15) is 10.2 Å². The van der Waals surface area contributed by atoms with Crippen LogP contribution < -0.4 is 5.06 Å². The number of aromatic carboxylic acids is 1. The van der Waals surface area contributed by atoms with Crippen molar-refractivity contribution in [1.29, 1.82) is 0 Å². The molecule has 108 valence electrons. The smallest absolute Gasteiger partial charge is 0.356 e. The molecule has 1 aromatic heterocycles. The first-order valence-electron chi connectivity index (χ1n) is 6.40. The maximum Gasteiger partial charge on any atom is 0.356 e. The van der Waals surface area contributed by atoms with Crippen LogP contribution in [0, 0.1) is 0 Å². The van der Waals surface area contributed by atoms with Crippen molar-refractivity contribution in [1.82, 2.24) is 9.78 Å². The minimum Gasteiger partial charge on any atom is -0.476 e. The van der Waals surface area contributed by atoms with E-state index in [9.17, 15) is 9.59 Å². The topological polar surface area (TPSA) is 84.7 Å². The highest BCUT2D eigenvalue weighted by atomic mass is 16.7. The highest BCUT2D eigenvalue weighted by molar-refractivity contribution is 5.97. The van der Waals surface area contributed by atoms with Crippen molar-refractivity contribution in [3.63, 3.8) is 0 Å². The van der Waals surface area contributed by atoms with Crippen LogP contribution in [0.5, 0.6) is 0 Å². The third kappa shape index (κ3) is 2.27. The molecular weight excluding hydrogens is 274 g/mol. The molecule has 7 heteroatoms. The molecule has 2 heterocycles. The van der Waals surface area contributed by atoms with E-state index in [1.807, 2.05) is 6.07 Å². The fourth-order valence-electron chi connectivity index (χ4n) is 2.29. The molecule has 0 saturated carbocycles. The zero-order valence-electron chi connectivity index (χ0n) is 11.3. The molecule has 0 atom stereocenters. The van der Waals surface area contributed by atoms with E-state index in [1.54, 1.807) is 25.2 Å². The van der Waals surface area contributed by atoms with Gasteiger partial charge in [-0.25, -0.2) is 4.79 Å². The summed E-state index contributed by atoms with van der Waals surface area (Å²) in [6.07, 6.45) is 0.333. The largest absolute Gasteiger partial charge is 0.476 e. The Labute approximate surface area is 120 Å². The highest BCUT2D eigenvalue weighted by Crippen LogP contribution is 2.33. The molecule has 3 rings (SSSR count). The van der Waals surface area contributed by atoms with Gasteiger partial charge in [0.05, 0.1) is 24.4 Å². The number of hydrogen-bond donors (Lipinski definition) is 1. The van der Waals surface area contributed by atoms with Gasteiger partial charge in [0.15, 0.2) is 5.69 Å². The molecule has 1 aromatic carbocycles. The monoisotopic (exact) mass is 287 g/mol. The molecule has 21 heavy (non-hydrogen) atoms. The number of aromatic nitrogens is 2. The van der Waals surface area contributed by atoms with Crippen molar-refractivity contribution in [2.45, 2.75) is 6.42 Å². The van der Waals surface area contributed by atoms with Gasteiger partial charge in [-0.1, -0.05) is 18.2 Å². The Morgan fingerprint density at radius 3 is 2.76 bits per heavy atom. The van der Waals surface area contributed by atoms with Crippen LogP contribution in [0.15, 0.2) is 30.3 Å². The number of benzene rings is 1. The number of amides is 1. The van der Waals surface area contributed by atoms with Crippen LogP contribution in [-0.4, -0.2) is 33.4 Å². The molecule has 0 aliphatic carbocycles. The van der Waals surface area contributed by atoms with Gasteiger partial charge >= 0.3 is 5.97 Å². The number of carboxylic acids is 1. The fraction of sp³-hybridized carbons (Fsp3) is 0.214. The molecular formula is C14H13N3O4. The van der Waals surface area contributed by atoms with Gasteiger partial charge in [0.2, 0.25) is 0 Å². The zero-order chi connectivity index (χ0) is 15.0. The second-order valence-electron chi connectivity index (χ2n) is 4.63. The lowest BCUT2D eigenvalue weighted by Gasteiger charge is -2.18. The van der Waals surface area contributed by atoms with Crippen LogP contribution in [0.3, 0.4) is 0 Å². The molecule has 1 aliphatic heterocycles. The van der Waals surface area contributed by atoms with Crippen LogP contribution in [0.2, 0.25) is 0 Å². The van der Waals surface area contributed by atoms with Gasteiger partial charge in [0.25, 0.3) is 5.91 Å². The number of hydroxylamine groups is 1. The molecule has 1 N–H and O–H groups in total. The van der Waals surface area contributed by atoms with E-state index in [4.69, 9.17) is 9.94 Å². The Morgan fingerprint density at radius 1 is 1.38 bits per heavy atom. The van der Waals surface area contributed by atoms with Crippen molar-refractivity contribution in [2.75, 3.05) is 11.7 Å². The molecule has 7 nitrogen and oxygen atoms in total. The average Bonchev–Trinajstić information content (AvgIpc) is 3.05. The van der Waals surface area contributed by atoms with E-state index in [2.05, 4.69) is 5.10 Å². The van der Waals surface area contributed by atoms with Gasteiger partial charge in [-0.05, 0) is 12.1 Å². The van der Waals surface area contributed by atoms with Crippen molar-refractivity contribution in [3.05, 3.63) is 36.0 Å². The third-order valence-corrected chi connectivity index (χ3v) is 3.26. The lowest BCUT2D eigenvalue weighted by atomic mass is 10.1. The lowest BCUT2D eigenvalue weighted by molar-refractivity contribution is -0.119. The number of rotatable bonds is 3. The zero-order valence-corrected chi connectivity index (χ0v) is 11.3. The Balaban J connectivity index is 2.11. The summed E-state index contributed by atoms with van der Waals surface area (Å²) in [6.45, 7) is 0.346. The van der Waals surface area contributed by atoms with E-state index in [0.29, 0.717) is 30.0 Å². The van der Waals surface area contributed by atoms with Crippen molar-refractivity contribution in [3.8, 4) is 11.3 Å². The quantitative estimate of drug-likeness (QED) is 0.923. The summed E-state index contributed by atoms with van der Waals surface area (Å²) in [5.74, 6) is -1.22. The van der Waals surface area contributed by atoms with Gasteiger partial charge < -0.3 is 5.11 Å². The summed E-state index contributed by atoms with van der Waals surface area (Å²) in [6, 6.07) is 8.63. The summed E-state index contributed by atoms with van der Waals surface area (Å²) in [5, 5.41) is 14.2. The Morgan fingerprint density at radius 2 is 2.14 bits per heavy atom. The lowest BCUT2D eigenvalue weighted by Crippen LogP contribution is -2.23. The van der Waals surface area contributed by atoms with Crippen LogP contribution >= 0.6 is 0 Å². The number of para-hydroxylation sites is 1. The number of carbonyl (C=O) groups is 2. The van der Waals surface area contributed by atoms with Crippen molar-refractivity contribution >= 4 is 17.6 Å². The predicted molar refractivity (Wildman–Crippen MR) is 73.7 cm³/mol. The molecule has 0 radical (unpaired) electrons. The van der Waals surface area contributed by atoms with Gasteiger partial charge in [-0.15, -0.1) is 0 Å². The first-order chi connectivity index (χ1) is 10.1. The third-order valence-electron chi connectivity index (χ3n) is 3.26. The van der Waals surface area contributed by atoms with Gasteiger partial charge in [0, 0.05) is 12.6 Å². The molecule has 1 amide bonds. The second-order valence-corrected chi connectivity index (χ2v) is 4.63. The Bertz CT molecular complexity index is 723. The molecule has 1 fully saturated rings. The van der Waals surface area contributed by atoms with Gasteiger partial charge in [-0.3, -0.25) is 14.3 Å². The standard InChI is InChI=1S/C14H13N3O4/c1-16-12(8-10(15-16)14(19)20)9-4-2-3-5-11(9)17-13(18)6-7-21-17/h2-5,8H,6-7H2,1H3,(H,19,20). The number of carbonyl (C=O) groups excluding carboxylic acids is 1. The number of hydrogen-bond acceptors (Lipinski definition) is 4. The first-order valence-corrected chi connectivity index (χ1v) is 6.40. The summed E-state index contributed by atoms with van der Waals surface area (Å²) in [5.41, 5.74) is 1.83. The van der Waals surface area contributed by atoms with E-state index in [-0.39, 0.29) is 11.6 Å². The van der Waals surface area contributed by atoms with Crippen molar-refractivity contribution < 1.29 is 19.5 Å². The van der Waals surface area contributed by atoms with E-state index in [0.717, 1.165) is 0 Å². The average molecular weight is 287 g/mol. The molecule has 0 bridgehead atoms. The first kappa shape index (κ1) is 13.3. The summed E-state index contributed by atoms with van der Waals surface area (Å²) in [4.78, 5) is 28.2. The van der Waals surface area contributed by atoms with E-state index >= 15 is 0 Å². The Kier molecular flexibility index (Phi) is 3.19. The number of carboxylic acid groups (broad SMARTS) is 1. The molecule has 2 aromatic rings. The molecule has 0 spiro atoms. The minimum absolute atomic E-state index is 0.0454. The minimum atomic E-state index is -1.09. The number of anilines is 1. The summed E-state index contributed by atoms with van der Waals surface area (Å²) < 4.78 is 1.48. The predicted octanol–water partition coefficient (Wildman–Crippen LogP) is 1.45. The Hall–Kier alpha value is -2.67. The van der Waals surface area contributed by atoms with Crippen LogP contribution in [-0.2, 0) is 16.7 Å². The maximum absolute atomic E-state index is 11.8. The van der Waals surface area contributed by atoms with Crippen LogP contribution in [0.1, 0.15) is 16.9 Å². The normalized spacial score (nSPS) is 14.7. The second kappa shape index (κ2) is 5.02. The number of aryl methyl sites for hydroxylation is 1. The van der Waals surface area contributed by atoms with Gasteiger partial charge in [0.1, 0.15) is 0 Å². The van der Waals surface area contributed by atoms with Crippen LogP contribution in [0.4, 0.5) is 5.69 Å². The van der Waals surface area contributed by atoms with E-state index < -0.39 is 5.97 Å².